The molecule has 0 unspecified atom stereocenters. The highest BCUT2D eigenvalue weighted by Gasteiger charge is 2.10. The maximum absolute atomic E-state index is 4.02. The molecule has 2 rings (SSSR count). The van der Waals surface area contributed by atoms with Crippen LogP contribution in [0, 0.1) is 0 Å². The van der Waals surface area contributed by atoms with E-state index in [1.54, 1.807) is 0 Å². The highest BCUT2D eigenvalue weighted by Crippen LogP contribution is 2.25. The van der Waals surface area contributed by atoms with Crippen LogP contribution in [0.1, 0.15) is 11.1 Å². The molecular weight excluding hydrogens is 131 g/mol. The van der Waals surface area contributed by atoms with Crippen molar-refractivity contribution in [2.24, 2.45) is 0 Å². The molecule has 11 heavy (non-hydrogen) atoms. The van der Waals surface area contributed by atoms with E-state index in [0.29, 0.717) is 0 Å². The molecule has 0 aliphatic carbocycles. The van der Waals surface area contributed by atoms with E-state index in [2.05, 4.69) is 38.1 Å². The zero-order chi connectivity index (χ0) is 7.68. The van der Waals surface area contributed by atoms with Crippen molar-refractivity contribution >= 4 is 12.9 Å². The molecule has 0 aromatic heterocycles. The quantitative estimate of drug-likeness (QED) is 0.486. The predicted molar refractivity (Wildman–Crippen MR) is 49.7 cm³/mol. The molecule has 0 nitrogen and oxygen atoms in total. The lowest BCUT2D eigenvalue weighted by molar-refractivity contribution is 1.29. The van der Waals surface area contributed by atoms with Crippen LogP contribution in [0.3, 0.4) is 0 Å². The summed E-state index contributed by atoms with van der Waals surface area (Å²) in [7, 11) is 2.28. The van der Waals surface area contributed by atoms with Crippen LogP contribution in [0.15, 0.2) is 30.8 Å². The van der Waals surface area contributed by atoms with Crippen molar-refractivity contribution in [3.8, 4) is 0 Å². The van der Waals surface area contributed by atoms with E-state index in [-0.39, 0.29) is 0 Å². The first-order chi connectivity index (χ1) is 5.38. The maximum Gasteiger partial charge on any atom is 0.121 e. The Morgan fingerprint density at radius 3 is 2.82 bits per heavy atom. The molecule has 1 aromatic carbocycles. The number of allylic oxidation sites excluding steroid dienone is 1. The van der Waals surface area contributed by atoms with E-state index in [1.807, 2.05) is 0 Å². The van der Waals surface area contributed by atoms with Crippen molar-refractivity contribution in [1.82, 2.24) is 0 Å². The summed E-state index contributed by atoms with van der Waals surface area (Å²) in [5.41, 5.74) is 4.03. The monoisotopic (exact) mass is 141 g/mol. The Kier molecular flexibility index (Phi) is 1.57. The van der Waals surface area contributed by atoms with Crippen molar-refractivity contribution < 1.29 is 0 Å². The Morgan fingerprint density at radius 2 is 2.00 bits per heavy atom. The first kappa shape index (κ1) is 6.72. The third-order valence-corrected chi connectivity index (χ3v) is 2.15. The Labute approximate surface area is 68.2 Å². The van der Waals surface area contributed by atoms with Crippen LogP contribution in [0.2, 0.25) is 6.32 Å². The largest absolute Gasteiger partial charge is 0.121 e. The summed E-state index contributed by atoms with van der Waals surface area (Å²) in [6, 6.07) is 8.50. The van der Waals surface area contributed by atoms with E-state index in [0.717, 1.165) is 12.6 Å². The van der Waals surface area contributed by atoms with Gasteiger partial charge in [0.05, 0.1) is 0 Å². The molecule has 1 heteroatoms. The lowest BCUT2D eigenvalue weighted by atomic mass is 9.61. The summed E-state index contributed by atoms with van der Waals surface area (Å²) >= 11 is 0. The minimum absolute atomic E-state index is 1.05. The number of rotatable bonds is 0. The summed E-state index contributed by atoms with van der Waals surface area (Å²) in [6.45, 7) is 4.02. The van der Waals surface area contributed by atoms with Crippen LogP contribution in [-0.4, -0.2) is 7.28 Å². The third kappa shape index (κ3) is 1.11. The zero-order valence-corrected chi connectivity index (χ0v) is 6.51. The van der Waals surface area contributed by atoms with Crippen molar-refractivity contribution in [3.05, 3.63) is 42.0 Å². The van der Waals surface area contributed by atoms with E-state index in [9.17, 15) is 0 Å². The van der Waals surface area contributed by atoms with Gasteiger partial charge in [0.2, 0.25) is 0 Å². The van der Waals surface area contributed by atoms with Gasteiger partial charge in [-0.3, -0.25) is 0 Å². The van der Waals surface area contributed by atoms with E-state index >= 15 is 0 Å². The third-order valence-electron chi connectivity index (χ3n) is 2.15. The second-order valence-corrected chi connectivity index (χ2v) is 2.96. The minimum atomic E-state index is 1.05. The number of hydrogen-bond donors (Lipinski definition) is 0. The average Bonchev–Trinajstić information content (AvgIpc) is 2.06. The van der Waals surface area contributed by atoms with Gasteiger partial charge in [0, 0.05) is 0 Å². The standard InChI is InChI=1S/C10H10B/c1-8-6-11-7-9-4-2-3-5-10(8)9/h2-5H,1,6-7H2. The number of fused-ring (bicyclic) bond motifs is 1. The van der Waals surface area contributed by atoms with Gasteiger partial charge in [0.15, 0.2) is 0 Å². The SMILES string of the molecule is C=C1C[B]Cc2ccccc21. The Bertz CT molecular complexity index is 289. The highest BCUT2D eigenvalue weighted by atomic mass is 14.1. The Morgan fingerprint density at radius 1 is 1.18 bits per heavy atom. The molecule has 0 fully saturated rings. The van der Waals surface area contributed by atoms with Crippen LogP contribution >= 0.6 is 0 Å². The van der Waals surface area contributed by atoms with Gasteiger partial charge in [0.1, 0.15) is 7.28 Å². The first-order valence-corrected chi connectivity index (χ1v) is 3.95. The van der Waals surface area contributed by atoms with Gasteiger partial charge in [-0.05, 0) is 11.1 Å². The number of benzene rings is 1. The first-order valence-electron chi connectivity index (χ1n) is 3.95. The summed E-state index contributed by atoms with van der Waals surface area (Å²) < 4.78 is 0. The molecule has 0 saturated heterocycles. The van der Waals surface area contributed by atoms with Gasteiger partial charge >= 0.3 is 0 Å². The molecule has 0 spiro atoms. The Hall–Kier alpha value is -0.975. The minimum Gasteiger partial charge on any atom is -0.0960 e. The fourth-order valence-electron chi connectivity index (χ4n) is 1.56. The van der Waals surface area contributed by atoms with Crippen LogP contribution in [0.5, 0.6) is 0 Å². The molecular formula is C10H10B. The normalized spacial score (nSPS) is 15.5. The van der Waals surface area contributed by atoms with Crippen LogP contribution in [0.25, 0.3) is 5.57 Å². The van der Waals surface area contributed by atoms with Gasteiger partial charge in [-0.2, -0.15) is 0 Å². The highest BCUT2D eigenvalue weighted by molar-refractivity contribution is 6.39. The lowest BCUT2D eigenvalue weighted by Crippen LogP contribution is -2.07. The van der Waals surface area contributed by atoms with Gasteiger partial charge in [0.25, 0.3) is 0 Å². The second kappa shape index (κ2) is 2.57. The molecule has 0 atom stereocenters. The molecule has 0 amide bonds. The van der Waals surface area contributed by atoms with E-state index in [4.69, 9.17) is 0 Å². The van der Waals surface area contributed by atoms with Gasteiger partial charge < -0.3 is 0 Å². The molecule has 53 valence electrons. The molecule has 0 saturated carbocycles. The summed E-state index contributed by atoms with van der Waals surface area (Å²) in [6.07, 6.45) is 2.16. The van der Waals surface area contributed by atoms with Gasteiger partial charge in [-0.15, -0.1) is 0 Å². The van der Waals surface area contributed by atoms with Crippen LogP contribution in [0.4, 0.5) is 0 Å². The zero-order valence-electron chi connectivity index (χ0n) is 6.51. The van der Waals surface area contributed by atoms with Gasteiger partial charge in [-0.1, -0.05) is 49.1 Å². The fraction of sp³-hybridized carbons (Fsp3) is 0.200. The molecule has 1 aliphatic rings. The maximum atomic E-state index is 4.02. The Balaban J connectivity index is 2.52. The molecule has 0 N–H and O–H groups in total. The van der Waals surface area contributed by atoms with Crippen molar-refractivity contribution in [1.29, 1.82) is 0 Å². The van der Waals surface area contributed by atoms with Crippen molar-refractivity contribution in [3.63, 3.8) is 0 Å². The average molecular weight is 141 g/mol. The van der Waals surface area contributed by atoms with E-state index < -0.39 is 0 Å². The van der Waals surface area contributed by atoms with Crippen molar-refractivity contribution in [2.75, 3.05) is 0 Å². The molecule has 0 bridgehead atoms. The topological polar surface area (TPSA) is 0 Å². The van der Waals surface area contributed by atoms with E-state index in [1.165, 1.54) is 16.7 Å². The molecule has 1 aromatic rings. The van der Waals surface area contributed by atoms with Crippen molar-refractivity contribution in [2.45, 2.75) is 12.6 Å². The lowest BCUT2D eigenvalue weighted by Gasteiger charge is -2.16. The summed E-state index contributed by atoms with van der Waals surface area (Å²) in [4.78, 5) is 0. The summed E-state index contributed by atoms with van der Waals surface area (Å²) in [5.74, 6) is 0. The van der Waals surface area contributed by atoms with Crippen LogP contribution in [-0.2, 0) is 6.32 Å². The second-order valence-electron chi connectivity index (χ2n) is 2.96. The van der Waals surface area contributed by atoms with Gasteiger partial charge in [-0.25, -0.2) is 0 Å². The summed E-state index contributed by atoms with van der Waals surface area (Å²) in [5, 5.41) is 0. The van der Waals surface area contributed by atoms with Crippen LogP contribution < -0.4 is 0 Å². The number of hydrogen-bond acceptors (Lipinski definition) is 0. The molecule has 1 heterocycles. The smallest absolute Gasteiger partial charge is 0.0960 e. The fourth-order valence-corrected chi connectivity index (χ4v) is 1.56. The molecule has 1 aliphatic heterocycles. The predicted octanol–water partition coefficient (Wildman–Crippen LogP) is 2.34. The molecule has 1 radical (unpaired) electrons.